The summed E-state index contributed by atoms with van der Waals surface area (Å²) < 4.78 is 16.4. The van der Waals surface area contributed by atoms with Gasteiger partial charge < -0.3 is 15.1 Å². The Balaban J connectivity index is 1.36. The number of hydrogen-bond donors (Lipinski definition) is 1. The molecule has 1 unspecified atom stereocenters. The highest BCUT2D eigenvalue weighted by Crippen LogP contribution is 2.40. The first kappa shape index (κ1) is 26.0. The molecular weight excluding hydrogens is 493 g/mol. The summed E-state index contributed by atoms with van der Waals surface area (Å²) in [5.74, 6) is 0.293. The summed E-state index contributed by atoms with van der Waals surface area (Å²) in [6.07, 6.45) is 6.17. The maximum atomic E-state index is 14.5. The quantitative estimate of drug-likeness (QED) is 0.500. The molecule has 6 rings (SSSR count). The van der Waals surface area contributed by atoms with Gasteiger partial charge in [-0.05, 0) is 93.3 Å². The molecule has 1 aromatic heterocycles. The summed E-state index contributed by atoms with van der Waals surface area (Å²) >= 11 is 0. The van der Waals surface area contributed by atoms with Gasteiger partial charge in [-0.1, -0.05) is 6.07 Å². The summed E-state index contributed by atoms with van der Waals surface area (Å²) in [6, 6.07) is 9.26. The van der Waals surface area contributed by atoms with Crippen molar-refractivity contribution in [1.29, 1.82) is 0 Å². The zero-order valence-corrected chi connectivity index (χ0v) is 23.3. The maximum Gasteiger partial charge on any atom is 0.254 e. The third-order valence-electron chi connectivity index (χ3n) is 9.21. The molecule has 7 nitrogen and oxygen atoms in total. The summed E-state index contributed by atoms with van der Waals surface area (Å²) in [7, 11) is 1.91. The molecule has 3 aromatic rings. The fourth-order valence-electron chi connectivity index (χ4n) is 7.12. The lowest BCUT2D eigenvalue weighted by Crippen LogP contribution is -2.48. The molecule has 2 aliphatic heterocycles. The van der Waals surface area contributed by atoms with E-state index in [4.69, 9.17) is 0 Å². The van der Waals surface area contributed by atoms with E-state index in [0.717, 1.165) is 47.8 Å². The molecule has 1 saturated carbocycles. The number of aromatic nitrogens is 2. The Morgan fingerprint density at radius 2 is 1.97 bits per heavy atom. The number of carbonyl (C=O) groups excluding carboxylic acids is 2. The monoisotopic (exact) mass is 531 g/mol. The zero-order valence-electron chi connectivity index (χ0n) is 23.3. The molecule has 4 atom stereocenters. The second-order valence-electron chi connectivity index (χ2n) is 11.8. The van der Waals surface area contributed by atoms with Crippen LogP contribution in [0.25, 0.3) is 22.0 Å². The highest BCUT2D eigenvalue weighted by atomic mass is 19.1. The van der Waals surface area contributed by atoms with Gasteiger partial charge in [0.2, 0.25) is 5.91 Å². The predicted octanol–water partition coefficient (Wildman–Crippen LogP) is 4.71. The van der Waals surface area contributed by atoms with E-state index in [1.165, 1.54) is 18.6 Å². The van der Waals surface area contributed by atoms with Gasteiger partial charge >= 0.3 is 0 Å². The number of nitrogens with zero attached hydrogens (tertiary/aromatic N) is 4. The number of halogens is 1. The number of benzene rings is 2. The van der Waals surface area contributed by atoms with Crippen LogP contribution in [0.2, 0.25) is 0 Å². The van der Waals surface area contributed by atoms with E-state index in [0.29, 0.717) is 36.2 Å². The van der Waals surface area contributed by atoms with Gasteiger partial charge in [0.05, 0.1) is 23.3 Å². The van der Waals surface area contributed by atoms with Crippen LogP contribution in [0.3, 0.4) is 0 Å². The normalized spacial score (nSPS) is 24.3. The van der Waals surface area contributed by atoms with Crippen LogP contribution in [0, 0.1) is 11.7 Å². The number of piperidine rings is 1. The first-order chi connectivity index (χ1) is 18.7. The van der Waals surface area contributed by atoms with Crippen molar-refractivity contribution in [2.45, 2.75) is 70.5 Å². The lowest BCUT2D eigenvalue weighted by Gasteiger charge is -2.27. The Labute approximate surface area is 229 Å². The van der Waals surface area contributed by atoms with Crippen molar-refractivity contribution < 1.29 is 14.0 Å². The van der Waals surface area contributed by atoms with E-state index in [-0.39, 0.29) is 29.8 Å². The lowest BCUT2D eigenvalue weighted by molar-refractivity contribution is -0.133. The van der Waals surface area contributed by atoms with Crippen molar-refractivity contribution in [1.82, 2.24) is 24.9 Å². The second kappa shape index (κ2) is 10.0. The molecule has 2 saturated heterocycles. The highest BCUT2D eigenvalue weighted by molar-refractivity contribution is 6.05. The molecule has 0 radical (unpaired) electrons. The van der Waals surface area contributed by atoms with Crippen LogP contribution in [-0.4, -0.2) is 69.2 Å². The molecule has 3 aliphatic rings. The van der Waals surface area contributed by atoms with E-state index < -0.39 is 5.82 Å². The van der Waals surface area contributed by atoms with E-state index in [1.54, 1.807) is 11.0 Å². The predicted molar refractivity (Wildman–Crippen MR) is 150 cm³/mol. The molecule has 3 fully saturated rings. The number of rotatable bonds is 6. The minimum atomic E-state index is -0.431. The van der Waals surface area contributed by atoms with Gasteiger partial charge in [0.15, 0.2) is 0 Å². The molecule has 3 heterocycles. The molecule has 2 bridgehead atoms. The molecular formula is C31H38FN5O2. The van der Waals surface area contributed by atoms with E-state index in [9.17, 15) is 14.0 Å². The second-order valence-corrected chi connectivity index (χ2v) is 11.8. The van der Waals surface area contributed by atoms with Crippen LogP contribution in [0.5, 0.6) is 0 Å². The highest BCUT2D eigenvalue weighted by Gasteiger charge is 2.45. The van der Waals surface area contributed by atoms with Crippen molar-refractivity contribution in [3.05, 3.63) is 53.5 Å². The summed E-state index contributed by atoms with van der Waals surface area (Å²) in [4.78, 5) is 30.8. The van der Waals surface area contributed by atoms with Gasteiger partial charge in [0, 0.05) is 50.1 Å². The minimum Gasteiger partial charge on any atom is -0.341 e. The van der Waals surface area contributed by atoms with Gasteiger partial charge in [-0.25, -0.2) is 4.39 Å². The molecule has 1 aliphatic carbocycles. The third-order valence-corrected chi connectivity index (χ3v) is 9.21. The first-order valence-electron chi connectivity index (χ1n) is 14.4. The van der Waals surface area contributed by atoms with Crippen LogP contribution in [0.15, 0.2) is 36.5 Å². The van der Waals surface area contributed by atoms with Crippen molar-refractivity contribution in [2.24, 2.45) is 13.0 Å². The first-order valence-corrected chi connectivity index (χ1v) is 14.4. The fraction of sp³-hybridized carbons (Fsp3) is 0.516. The topological polar surface area (TPSA) is 70.5 Å². The number of fused-ring (bicyclic) bond motifs is 3. The standard InChI is InChI=1S/C31H38FN5O2/c1-5-37(18(2)3)30(38)26-15-22(32)7-9-24(26)25-13-21(14-28-27(25)16-33-35(28)4)20-10-11-36(17-20)31(39)29-19-6-8-23(12-19)34-29/h7,9,13-16,18-20,23,29,34H,5-6,8,10-12,17H2,1-4H3/t19-,20?,23+,29-/m0/s1. The Hall–Kier alpha value is -3.26. The van der Waals surface area contributed by atoms with E-state index in [2.05, 4.69) is 22.5 Å². The van der Waals surface area contributed by atoms with Crippen LogP contribution in [0.1, 0.15) is 68.3 Å². The SMILES string of the molecule is CCN(C(=O)c1cc(F)ccc1-c1cc(C2CCN(C(=O)[C@H]3N[C@@H]4CC[C@H]3C4)C2)cc2c1cnn2C)C(C)C. The zero-order chi connectivity index (χ0) is 27.4. The van der Waals surface area contributed by atoms with Gasteiger partial charge in [-0.3, -0.25) is 14.3 Å². The summed E-state index contributed by atoms with van der Waals surface area (Å²) in [5.41, 5.74) is 4.02. The Bertz CT molecular complexity index is 1430. The largest absolute Gasteiger partial charge is 0.341 e. The number of likely N-dealkylation sites (tertiary alicyclic amines) is 1. The average Bonchev–Trinajstić information content (AvgIpc) is 3.73. The Morgan fingerprint density at radius 3 is 2.67 bits per heavy atom. The van der Waals surface area contributed by atoms with Crippen molar-refractivity contribution >= 4 is 22.7 Å². The number of nitrogens with one attached hydrogen (secondary N) is 1. The summed E-state index contributed by atoms with van der Waals surface area (Å²) in [6.45, 7) is 7.86. The van der Waals surface area contributed by atoms with Crippen molar-refractivity contribution in [3.8, 4) is 11.1 Å². The molecule has 2 amide bonds. The number of aryl methyl sites for hydroxylation is 1. The van der Waals surface area contributed by atoms with E-state index in [1.807, 2.05) is 43.6 Å². The van der Waals surface area contributed by atoms with Crippen LogP contribution >= 0.6 is 0 Å². The lowest BCUT2D eigenvalue weighted by atomic mass is 9.90. The summed E-state index contributed by atoms with van der Waals surface area (Å²) in [5, 5.41) is 8.99. The minimum absolute atomic E-state index is 0.00468. The molecule has 206 valence electrons. The number of hydrogen-bond acceptors (Lipinski definition) is 4. The Kier molecular flexibility index (Phi) is 6.69. The van der Waals surface area contributed by atoms with E-state index >= 15 is 0 Å². The van der Waals surface area contributed by atoms with Crippen LogP contribution < -0.4 is 5.32 Å². The molecule has 1 N–H and O–H groups in total. The molecule has 39 heavy (non-hydrogen) atoms. The maximum absolute atomic E-state index is 14.5. The van der Waals surface area contributed by atoms with Gasteiger partial charge in [0.25, 0.3) is 5.91 Å². The smallest absolute Gasteiger partial charge is 0.254 e. The van der Waals surface area contributed by atoms with Crippen molar-refractivity contribution in [3.63, 3.8) is 0 Å². The van der Waals surface area contributed by atoms with Gasteiger partial charge in [0.1, 0.15) is 5.82 Å². The van der Waals surface area contributed by atoms with Crippen molar-refractivity contribution in [2.75, 3.05) is 19.6 Å². The molecule has 8 heteroatoms. The average molecular weight is 532 g/mol. The molecule has 0 spiro atoms. The van der Waals surface area contributed by atoms with Crippen LogP contribution in [0.4, 0.5) is 4.39 Å². The fourth-order valence-corrected chi connectivity index (χ4v) is 7.12. The van der Waals surface area contributed by atoms with Crippen LogP contribution in [-0.2, 0) is 11.8 Å². The van der Waals surface area contributed by atoms with Gasteiger partial charge in [-0.2, -0.15) is 5.10 Å². The number of amides is 2. The number of carbonyl (C=O) groups is 2. The molecule has 2 aromatic carbocycles. The van der Waals surface area contributed by atoms with Gasteiger partial charge in [-0.15, -0.1) is 0 Å². The third kappa shape index (κ3) is 4.52. The Morgan fingerprint density at radius 1 is 1.15 bits per heavy atom.